The van der Waals surface area contributed by atoms with Crippen molar-refractivity contribution in [3.05, 3.63) is 81.7 Å². The molecule has 2 aromatic heterocycles. The van der Waals surface area contributed by atoms with E-state index in [4.69, 9.17) is 4.42 Å². The van der Waals surface area contributed by atoms with Gasteiger partial charge in [0.15, 0.2) is 0 Å². The number of thiophene rings is 1. The lowest BCUT2D eigenvalue weighted by Gasteiger charge is -2.05. The molecular formula is C17H14FNO3S. The molecule has 0 aliphatic rings. The maximum atomic E-state index is 12.8. The van der Waals surface area contributed by atoms with E-state index in [9.17, 15) is 14.3 Å². The summed E-state index contributed by atoms with van der Waals surface area (Å²) in [6, 6.07) is 12.4. The van der Waals surface area contributed by atoms with Gasteiger partial charge in [0.25, 0.3) is 5.91 Å². The maximum Gasteiger partial charge on any atom is 0.251 e. The minimum absolute atomic E-state index is 0.272. The van der Waals surface area contributed by atoms with Crippen LogP contribution in [-0.4, -0.2) is 11.0 Å². The number of hydrogen-bond donors (Lipinski definition) is 2. The molecule has 3 rings (SSSR count). The summed E-state index contributed by atoms with van der Waals surface area (Å²) in [7, 11) is 0. The van der Waals surface area contributed by atoms with Crippen molar-refractivity contribution in [1.82, 2.24) is 5.32 Å². The summed E-state index contributed by atoms with van der Waals surface area (Å²) < 4.78 is 18.0. The van der Waals surface area contributed by atoms with E-state index in [1.165, 1.54) is 41.9 Å². The van der Waals surface area contributed by atoms with Gasteiger partial charge in [-0.3, -0.25) is 4.79 Å². The van der Waals surface area contributed by atoms with Crippen molar-refractivity contribution in [2.24, 2.45) is 0 Å². The molecule has 1 atom stereocenters. The Morgan fingerprint density at radius 2 is 2.00 bits per heavy atom. The summed E-state index contributed by atoms with van der Waals surface area (Å²) in [5.74, 6) is -0.170. The Kier molecular flexibility index (Phi) is 4.55. The van der Waals surface area contributed by atoms with E-state index in [0.717, 1.165) is 9.75 Å². The molecule has 2 N–H and O–H groups in total. The molecule has 3 aromatic rings. The molecule has 0 bridgehead atoms. The van der Waals surface area contributed by atoms with Crippen LogP contribution in [0, 0.1) is 5.82 Å². The molecule has 118 valence electrons. The third-order valence-electron chi connectivity index (χ3n) is 3.29. The SMILES string of the molecule is O=C(NCc1ccc(C(O)c2ccco2)s1)c1ccc(F)cc1. The standard InChI is InChI=1S/C17H14FNO3S/c18-12-5-3-11(4-6-12)17(21)19-10-13-7-8-15(23-13)16(20)14-2-1-9-22-14/h1-9,16,20H,10H2,(H,19,21). The van der Waals surface area contributed by atoms with Crippen LogP contribution in [0.15, 0.2) is 59.2 Å². The van der Waals surface area contributed by atoms with Crippen molar-refractivity contribution in [1.29, 1.82) is 0 Å². The van der Waals surface area contributed by atoms with Gasteiger partial charge in [0, 0.05) is 15.3 Å². The molecule has 0 aliphatic heterocycles. The van der Waals surface area contributed by atoms with Crippen LogP contribution < -0.4 is 5.32 Å². The molecule has 0 spiro atoms. The van der Waals surface area contributed by atoms with Crippen LogP contribution in [0.1, 0.15) is 32.0 Å². The van der Waals surface area contributed by atoms with Crippen LogP contribution in [0.3, 0.4) is 0 Å². The van der Waals surface area contributed by atoms with Gasteiger partial charge >= 0.3 is 0 Å². The van der Waals surface area contributed by atoms with Gasteiger partial charge in [0.2, 0.25) is 0 Å². The first kappa shape index (κ1) is 15.5. The molecule has 23 heavy (non-hydrogen) atoms. The number of carbonyl (C=O) groups is 1. The van der Waals surface area contributed by atoms with E-state index in [1.54, 1.807) is 18.2 Å². The van der Waals surface area contributed by atoms with Crippen LogP contribution >= 0.6 is 11.3 Å². The zero-order valence-corrected chi connectivity index (χ0v) is 12.8. The van der Waals surface area contributed by atoms with Gasteiger partial charge < -0.3 is 14.8 Å². The second-order valence-electron chi connectivity index (χ2n) is 4.91. The molecule has 6 heteroatoms. The van der Waals surface area contributed by atoms with Crippen LogP contribution in [0.2, 0.25) is 0 Å². The summed E-state index contributed by atoms with van der Waals surface area (Å²) in [4.78, 5) is 13.6. The minimum atomic E-state index is -0.809. The Balaban J connectivity index is 1.61. The van der Waals surface area contributed by atoms with Crippen molar-refractivity contribution in [2.75, 3.05) is 0 Å². The van der Waals surface area contributed by atoms with Crippen LogP contribution in [0.4, 0.5) is 4.39 Å². The fourth-order valence-corrected chi connectivity index (χ4v) is 3.04. The number of furan rings is 1. The first-order chi connectivity index (χ1) is 11.1. The Morgan fingerprint density at radius 3 is 2.70 bits per heavy atom. The van der Waals surface area contributed by atoms with Gasteiger partial charge in [-0.1, -0.05) is 0 Å². The number of nitrogens with one attached hydrogen (secondary N) is 1. The molecule has 0 aliphatic carbocycles. The van der Waals surface area contributed by atoms with Gasteiger partial charge in [0.1, 0.15) is 17.7 Å². The number of halogens is 1. The number of amides is 1. The normalized spacial score (nSPS) is 12.1. The maximum absolute atomic E-state index is 12.8. The fourth-order valence-electron chi connectivity index (χ4n) is 2.09. The Bertz CT molecular complexity index is 781. The summed E-state index contributed by atoms with van der Waals surface area (Å²) in [6.45, 7) is 0.339. The van der Waals surface area contributed by atoms with Crippen molar-refractivity contribution in [3.63, 3.8) is 0 Å². The van der Waals surface area contributed by atoms with Crippen LogP contribution in [0.25, 0.3) is 0 Å². The molecule has 0 saturated heterocycles. The van der Waals surface area contributed by atoms with E-state index >= 15 is 0 Å². The molecule has 4 nitrogen and oxygen atoms in total. The molecule has 1 aromatic carbocycles. The van der Waals surface area contributed by atoms with Crippen molar-refractivity contribution >= 4 is 17.2 Å². The Labute approximate surface area is 136 Å². The first-order valence-corrected chi connectivity index (χ1v) is 7.79. The average Bonchev–Trinajstić information content (AvgIpc) is 3.24. The van der Waals surface area contributed by atoms with Gasteiger partial charge in [-0.25, -0.2) is 4.39 Å². The second-order valence-corrected chi connectivity index (χ2v) is 6.11. The first-order valence-electron chi connectivity index (χ1n) is 6.97. The topological polar surface area (TPSA) is 62.5 Å². The van der Waals surface area contributed by atoms with E-state index in [1.807, 2.05) is 6.07 Å². The highest BCUT2D eigenvalue weighted by Gasteiger charge is 2.15. The van der Waals surface area contributed by atoms with E-state index < -0.39 is 6.10 Å². The summed E-state index contributed by atoms with van der Waals surface area (Å²) in [5.41, 5.74) is 0.402. The lowest BCUT2D eigenvalue weighted by molar-refractivity contribution is 0.0951. The smallest absolute Gasteiger partial charge is 0.251 e. The zero-order valence-electron chi connectivity index (χ0n) is 12.0. The Hall–Kier alpha value is -2.44. The van der Waals surface area contributed by atoms with Crippen LogP contribution in [-0.2, 0) is 6.54 Å². The largest absolute Gasteiger partial charge is 0.466 e. The lowest BCUT2D eigenvalue weighted by atomic mass is 10.2. The lowest BCUT2D eigenvalue weighted by Crippen LogP contribution is -2.22. The van der Waals surface area contributed by atoms with Crippen molar-refractivity contribution < 1.29 is 18.7 Å². The van der Waals surface area contributed by atoms with Gasteiger partial charge in [-0.2, -0.15) is 0 Å². The molecule has 1 unspecified atom stereocenters. The fraction of sp³-hybridized carbons (Fsp3) is 0.118. The number of hydrogen-bond acceptors (Lipinski definition) is 4. The predicted molar refractivity (Wildman–Crippen MR) is 84.7 cm³/mol. The summed E-state index contributed by atoms with van der Waals surface area (Å²) in [5, 5.41) is 12.9. The molecular weight excluding hydrogens is 317 g/mol. The number of rotatable bonds is 5. The second kappa shape index (κ2) is 6.76. The van der Waals surface area contributed by atoms with E-state index in [-0.39, 0.29) is 11.7 Å². The quantitative estimate of drug-likeness (QED) is 0.752. The number of benzene rings is 1. The van der Waals surface area contributed by atoms with Gasteiger partial charge in [-0.05, 0) is 48.5 Å². The highest BCUT2D eigenvalue weighted by molar-refractivity contribution is 7.12. The number of aliphatic hydroxyl groups is 1. The van der Waals surface area contributed by atoms with Crippen molar-refractivity contribution in [3.8, 4) is 0 Å². The van der Waals surface area contributed by atoms with E-state index in [0.29, 0.717) is 17.9 Å². The summed E-state index contributed by atoms with van der Waals surface area (Å²) >= 11 is 1.39. The average molecular weight is 331 g/mol. The highest BCUT2D eigenvalue weighted by atomic mass is 32.1. The molecule has 0 fully saturated rings. The molecule has 1 amide bonds. The van der Waals surface area contributed by atoms with Crippen molar-refractivity contribution in [2.45, 2.75) is 12.6 Å². The van der Waals surface area contributed by atoms with Gasteiger partial charge in [-0.15, -0.1) is 11.3 Å². The molecule has 0 radical (unpaired) electrons. The molecule has 0 saturated carbocycles. The van der Waals surface area contributed by atoms with Gasteiger partial charge in [0.05, 0.1) is 12.8 Å². The van der Waals surface area contributed by atoms with Crippen LogP contribution in [0.5, 0.6) is 0 Å². The number of aliphatic hydroxyl groups excluding tert-OH is 1. The number of carbonyl (C=O) groups excluding carboxylic acids is 1. The monoisotopic (exact) mass is 331 g/mol. The minimum Gasteiger partial charge on any atom is -0.466 e. The Morgan fingerprint density at radius 1 is 1.22 bits per heavy atom. The third-order valence-corrected chi connectivity index (χ3v) is 4.43. The summed E-state index contributed by atoms with van der Waals surface area (Å²) in [6.07, 6.45) is 0.701. The van der Waals surface area contributed by atoms with E-state index in [2.05, 4.69) is 5.32 Å². The molecule has 2 heterocycles. The third kappa shape index (κ3) is 3.67. The zero-order chi connectivity index (χ0) is 16.2. The highest BCUT2D eigenvalue weighted by Crippen LogP contribution is 2.28. The predicted octanol–water partition coefficient (Wildman–Crippen LogP) is 3.49.